The van der Waals surface area contributed by atoms with E-state index in [0.717, 1.165) is 49.0 Å². The van der Waals surface area contributed by atoms with Crippen molar-refractivity contribution in [1.82, 2.24) is 5.32 Å². The molecule has 27 heavy (non-hydrogen) atoms. The van der Waals surface area contributed by atoms with Gasteiger partial charge in [0.15, 0.2) is 0 Å². The summed E-state index contributed by atoms with van der Waals surface area (Å²) in [6.45, 7) is 2.85. The van der Waals surface area contributed by atoms with E-state index in [2.05, 4.69) is 10.6 Å². The highest BCUT2D eigenvalue weighted by Crippen LogP contribution is 2.41. The molecule has 2 N–H and O–H groups in total. The van der Waals surface area contributed by atoms with Gasteiger partial charge in [0.05, 0.1) is 18.1 Å². The Morgan fingerprint density at radius 1 is 1.15 bits per heavy atom. The number of ether oxygens (including phenoxy) is 1. The lowest BCUT2D eigenvalue weighted by atomic mass is 9.86. The Labute approximate surface area is 164 Å². The summed E-state index contributed by atoms with van der Waals surface area (Å²) in [6, 6.07) is 0. The molecule has 1 heterocycles. The summed E-state index contributed by atoms with van der Waals surface area (Å²) in [5.41, 5.74) is 1.49. The van der Waals surface area contributed by atoms with Gasteiger partial charge in [-0.15, -0.1) is 11.3 Å². The predicted molar refractivity (Wildman–Crippen MR) is 105 cm³/mol. The molecule has 3 aliphatic carbocycles. The lowest BCUT2D eigenvalue weighted by Crippen LogP contribution is -2.29. The number of amides is 2. The van der Waals surface area contributed by atoms with Crippen LogP contribution in [0.4, 0.5) is 5.00 Å². The molecule has 2 fully saturated rings. The van der Waals surface area contributed by atoms with Gasteiger partial charge in [0.1, 0.15) is 5.00 Å². The number of thiophene rings is 1. The number of nitrogens with one attached hydrogen (secondary N) is 2. The van der Waals surface area contributed by atoms with E-state index in [9.17, 15) is 14.4 Å². The number of carbonyl (C=O) groups excluding carboxylic acids is 3. The Morgan fingerprint density at radius 3 is 2.59 bits per heavy atom. The van der Waals surface area contributed by atoms with Gasteiger partial charge in [0.2, 0.25) is 5.91 Å². The fourth-order valence-electron chi connectivity index (χ4n) is 3.58. The molecule has 3 aliphatic rings. The molecule has 0 bridgehead atoms. The number of carbonyl (C=O) groups is 3. The van der Waals surface area contributed by atoms with Gasteiger partial charge in [0, 0.05) is 18.8 Å². The minimum Gasteiger partial charge on any atom is -0.466 e. The Bertz CT molecular complexity index is 771. The number of anilines is 1. The molecule has 1 atom stereocenters. The number of hydrogen-bond acceptors (Lipinski definition) is 5. The van der Waals surface area contributed by atoms with E-state index >= 15 is 0 Å². The molecule has 2 saturated carbocycles. The van der Waals surface area contributed by atoms with Gasteiger partial charge in [0.25, 0.3) is 5.91 Å². The summed E-state index contributed by atoms with van der Waals surface area (Å²) in [5.74, 6) is 0.136. The highest BCUT2D eigenvalue weighted by Gasteiger charge is 2.35. The van der Waals surface area contributed by atoms with E-state index in [0.29, 0.717) is 36.1 Å². The average molecular weight is 393 g/mol. The summed E-state index contributed by atoms with van der Waals surface area (Å²) in [7, 11) is 0. The van der Waals surface area contributed by atoms with Crippen molar-refractivity contribution in [3.63, 3.8) is 0 Å². The third-order valence-corrected chi connectivity index (χ3v) is 6.75. The van der Waals surface area contributed by atoms with Crippen molar-refractivity contribution < 1.29 is 20.5 Å². The Balaban J connectivity index is 0.00000225. The molecule has 1 aromatic heterocycles. The second-order valence-electron chi connectivity index (χ2n) is 7.82. The second-order valence-corrected chi connectivity index (χ2v) is 8.92. The van der Waals surface area contributed by atoms with Crippen molar-refractivity contribution in [1.29, 1.82) is 0 Å². The first-order valence-electron chi connectivity index (χ1n) is 9.97. The number of hydrogen-bond donors (Lipinski definition) is 2. The van der Waals surface area contributed by atoms with Crippen LogP contribution in [0.3, 0.4) is 0 Å². The zero-order valence-corrected chi connectivity index (χ0v) is 16.5. The SMILES string of the molecule is CCOC(=O)C1CCc2sc(NC(=O)C3CC3)c(C(=O)NCC3CC3)c2C1.[HH]. The van der Waals surface area contributed by atoms with Crippen LogP contribution in [0, 0.1) is 17.8 Å². The molecule has 1 aromatic rings. The first kappa shape index (κ1) is 18.5. The molecular weight excluding hydrogens is 364 g/mol. The third kappa shape index (κ3) is 4.18. The monoisotopic (exact) mass is 392 g/mol. The maximum Gasteiger partial charge on any atom is 0.309 e. The van der Waals surface area contributed by atoms with Crippen LogP contribution in [-0.2, 0) is 27.2 Å². The van der Waals surface area contributed by atoms with Crippen LogP contribution in [0.5, 0.6) is 0 Å². The molecule has 4 rings (SSSR count). The molecule has 1 unspecified atom stereocenters. The van der Waals surface area contributed by atoms with Crippen molar-refractivity contribution in [2.24, 2.45) is 17.8 Å². The minimum atomic E-state index is -0.214. The van der Waals surface area contributed by atoms with Gasteiger partial charge in [-0.2, -0.15) is 0 Å². The fourth-order valence-corrected chi connectivity index (χ4v) is 4.82. The van der Waals surface area contributed by atoms with Crippen molar-refractivity contribution in [3.05, 3.63) is 16.0 Å². The van der Waals surface area contributed by atoms with Crippen LogP contribution < -0.4 is 10.6 Å². The zero-order valence-electron chi connectivity index (χ0n) is 15.6. The molecule has 6 nitrogen and oxygen atoms in total. The minimum absolute atomic E-state index is 0. The molecule has 0 aliphatic heterocycles. The number of rotatable bonds is 7. The van der Waals surface area contributed by atoms with Gasteiger partial charge < -0.3 is 15.4 Å². The van der Waals surface area contributed by atoms with Gasteiger partial charge in [-0.3, -0.25) is 14.4 Å². The highest BCUT2D eigenvalue weighted by molar-refractivity contribution is 7.17. The Kier molecular flexibility index (Phi) is 5.21. The maximum atomic E-state index is 12.9. The van der Waals surface area contributed by atoms with Crippen molar-refractivity contribution >= 4 is 34.1 Å². The first-order valence-corrected chi connectivity index (χ1v) is 10.8. The van der Waals surface area contributed by atoms with E-state index in [4.69, 9.17) is 4.74 Å². The van der Waals surface area contributed by atoms with Gasteiger partial charge in [-0.05, 0) is 63.4 Å². The Morgan fingerprint density at radius 2 is 1.93 bits per heavy atom. The molecule has 0 aromatic carbocycles. The number of aryl methyl sites for hydroxylation is 1. The quantitative estimate of drug-likeness (QED) is 0.698. The molecule has 148 valence electrons. The van der Waals surface area contributed by atoms with E-state index < -0.39 is 0 Å². The smallest absolute Gasteiger partial charge is 0.309 e. The van der Waals surface area contributed by atoms with Crippen LogP contribution in [0.2, 0.25) is 0 Å². The highest BCUT2D eigenvalue weighted by atomic mass is 32.1. The largest absolute Gasteiger partial charge is 0.466 e. The normalized spacial score (nSPS) is 21.3. The van der Waals surface area contributed by atoms with Gasteiger partial charge >= 0.3 is 5.97 Å². The predicted octanol–water partition coefficient (Wildman–Crippen LogP) is 3.15. The fraction of sp³-hybridized carbons (Fsp3) is 0.650. The Hall–Kier alpha value is -1.89. The van der Waals surface area contributed by atoms with Crippen molar-refractivity contribution in [3.8, 4) is 0 Å². The van der Waals surface area contributed by atoms with E-state index in [1.54, 1.807) is 6.92 Å². The van der Waals surface area contributed by atoms with Crippen LogP contribution in [0.15, 0.2) is 0 Å². The van der Waals surface area contributed by atoms with Gasteiger partial charge in [-0.25, -0.2) is 0 Å². The second kappa shape index (κ2) is 7.62. The lowest BCUT2D eigenvalue weighted by Gasteiger charge is -2.21. The van der Waals surface area contributed by atoms with Crippen LogP contribution in [0.1, 0.15) is 61.3 Å². The third-order valence-electron chi connectivity index (χ3n) is 5.54. The summed E-state index contributed by atoms with van der Waals surface area (Å²) in [6.07, 6.45) is 6.15. The van der Waals surface area contributed by atoms with Crippen LogP contribution >= 0.6 is 11.3 Å². The molecule has 2 amide bonds. The standard InChI is InChI=1S/C20H26N2O4S.H2/c1-2-26-20(25)13-7-8-15-14(9-13)16(18(24)21-10-11-3-4-11)19(27-15)22-17(23)12-5-6-12;/h11-13H,2-10H2,1H3,(H,21,24)(H,22,23);1H. The molecular formula is C20H28N2O4S. The van der Waals surface area contributed by atoms with E-state index in [1.807, 2.05) is 0 Å². The maximum absolute atomic E-state index is 12.9. The zero-order chi connectivity index (χ0) is 19.0. The van der Waals surface area contributed by atoms with E-state index in [-0.39, 0.29) is 31.0 Å². The molecule has 0 saturated heterocycles. The summed E-state index contributed by atoms with van der Waals surface area (Å²) < 4.78 is 5.19. The van der Waals surface area contributed by atoms with Crippen molar-refractivity contribution in [2.75, 3.05) is 18.5 Å². The van der Waals surface area contributed by atoms with Crippen LogP contribution in [-0.4, -0.2) is 30.9 Å². The van der Waals surface area contributed by atoms with Crippen LogP contribution in [0.25, 0.3) is 0 Å². The molecule has 7 heteroatoms. The summed E-state index contributed by atoms with van der Waals surface area (Å²) in [5, 5.41) is 6.66. The summed E-state index contributed by atoms with van der Waals surface area (Å²) in [4.78, 5) is 38.5. The lowest BCUT2D eigenvalue weighted by molar-refractivity contribution is -0.148. The molecule has 0 radical (unpaired) electrons. The first-order chi connectivity index (χ1) is 13.1. The summed E-state index contributed by atoms with van der Waals surface area (Å²) >= 11 is 1.50. The van der Waals surface area contributed by atoms with Gasteiger partial charge in [-0.1, -0.05) is 0 Å². The van der Waals surface area contributed by atoms with Crippen molar-refractivity contribution in [2.45, 2.75) is 51.9 Å². The molecule has 0 spiro atoms. The topological polar surface area (TPSA) is 84.5 Å². The number of esters is 1. The number of fused-ring (bicyclic) bond motifs is 1. The average Bonchev–Trinajstić information content (AvgIpc) is 3.55. The van der Waals surface area contributed by atoms with E-state index in [1.165, 1.54) is 11.3 Å².